The van der Waals surface area contributed by atoms with Gasteiger partial charge >= 0.3 is 5.97 Å². The van der Waals surface area contributed by atoms with Crippen molar-refractivity contribution in [2.24, 2.45) is 0 Å². The van der Waals surface area contributed by atoms with Gasteiger partial charge in [0.25, 0.3) is 0 Å². The third-order valence-electron chi connectivity index (χ3n) is 3.73. The molecule has 2 aromatic carbocycles. The molecule has 1 amide bonds. The van der Waals surface area contributed by atoms with Crippen LogP contribution in [0.5, 0.6) is 11.5 Å². The molecular formula is C20H23NO6. The third kappa shape index (κ3) is 6.99. The minimum absolute atomic E-state index is 0.241. The van der Waals surface area contributed by atoms with Gasteiger partial charge < -0.3 is 24.6 Å². The number of aliphatic carboxylic acids is 1. The normalized spacial score (nSPS) is 11.5. The van der Waals surface area contributed by atoms with Gasteiger partial charge in [-0.05, 0) is 42.3 Å². The smallest absolute Gasteiger partial charge is 0.341 e. The summed E-state index contributed by atoms with van der Waals surface area (Å²) in [5, 5.41) is 11.4. The molecule has 0 saturated carbocycles. The Labute approximate surface area is 157 Å². The summed E-state index contributed by atoms with van der Waals surface area (Å²) in [5.74, 6) is -0.116. The summed E-state index contributed by atoms with van der Waals surface area (Å²) in [4.78, 5) is 22.7. The molecule has 1 unspecified atom stereocenters. The number of amides is 1. The molecule has 7 nitrogen and oxygen atoms in total. The fourth-order valence-electron chi connectivity index (χ4n) is 2.28. The Kier molecular flexibility index (Phi) is 7.63. The summed E-state index contributed by atoms with van der Waals surface area (Å²) in [5.41, 5.74) is 1.71. The number of carboxylic acid groups (broad SMARTS) is 1. The first-order chi connectivity index (χ1) is 13.0. The van der Waals surface area contributed by atoms with E-state index in [1.54, 1.807) is 32.2 Å². The quantitative estimate of drug-likeness (QED) is 0.664. The Balaban J connectivity index is 1.80. The molecule has 0 aromatic heterocycles. The van der Waals surface area contributed by atoms with E-state index in [4.69, 9.17) is 19.3 Å². The van der Waals surface area contributed by atoms with Crippen LogP contribution in [0, 0.1) is 0 Å². The lowest BCUT2D eigenvalue weighted by atomic mass is 10.2. The van der Waals surface area contributed by atoms with Crippen LogP contribution in [0.2, 0.25) is 0 Å². The minimum Gasteiger partial charge on any atom is -0.497 e. The van der Waals surface area contributed by atoms with Crippen molar-refractivity contribution in [3.63, 3.8) is 0 Å². The predicted molar refractivity (Wildman–Crippen MR) is 98.7 cm³/mol. The average Bonchev–Trinajstić information content (AvgIpc) is 2.69. The lowest BCUT2D eigenvalue weighted by molar-refractivity contribution is -0.139. The van der Waals surface area contributed by atoms with E-state index in [2.05, 4.69) is 5.32 Å². The first-order valence-electron chi connectivity index (χ1n) is 8.43. The van der Waals surface area contributed by atoms with Crippen molar-refractivity contribution in [1.29, 1.82) is 0 Å². The van der Waals surface area contributed by atoms with Gasteiger partial charge in [-0.1, -0.05) is 24.3 Å². The third-order valence-corrected chi connectivity index (χ3v) is 3.73. The molecule has 0 fully saturated rings. The minimum atomic E-state index is -1.05. The summed E-state index contributed by atoms with van der Waals surface area (Å²) in [6.45, 7) is 1.85. The molecule has 0 aliphatic carbocycles. The molecule has 2 aromatic rings. The SMILES string of the molecule is COc1cccc(COC(C)C(=O)NCc2cccc(OCC(=O)O)c2)c1. The lowest BCUT2D eigenvalue weighted by Gasteiger charge is -2.14. The molecule has 0 spiro atoms. The van der Waals surface area contributed by atoms with Crippen LogP contribution in [-0.4, -0.2) is 36.8 Å². The van der Waals surface area contributed by atoms with Crippen LogP contribution in [-0.2, 0) is 27.5 Å². The highest BCUT2D eigenvalue weighted by Crippen LogP contribution is 2.15. The summed E-state index contributed by atoms with van der Waals surface area (Å²) in [6, 6.07) is 14.4. The number of hydrogen-bond donors (Lipinski definition) is 2. The van der Waals surface area contributed by atoms with Crippen LogP contribution >= 0.6 is 0 Å². The zero-order valence-corrected chi connectivity index (χ0v) is 15.3. The van der Waals surface area contributed by atoms with Gasteiger partial charge in [-0.15, -0.1) is 0 Å². The highest BCUT2D eigenvalue weighted by molar-refractivity contribution is 5.80. The number of methoxy groups -OCH3 is 1. The molecule has 2 rings (SSSR count). The second-order valence-electron chi connectivity index (χ2n) is 5.85. The van der Waals surface area contributed by atoms with Crippen LogP contribution in [0.3, 0.4) is 0 Å². The molecule has 2 N–H and O–H groups in total. The van der Waals surface area contributed by atoms with Gasteiger partial charge in [-0.25, -0.2) is 4.79 Å². The Morgan fingerprint density at radius 2 is 1.74 bits per heavy atom. The molecule has 27 heavy (non-hydrogen) atoms. The maximum Gasteiger partial charge on any atom is 0.341 e. The van der Waals surface area contributed by atoms with Crippen molar-refractivity contribution in [3.05, 3.63) is 59.7 Å². The van der Waals surface area contributed by atoms with Crippen LogP contribution < -0.4 is 14.8 Å². The second kappa shape index (κ2) is 10.2. The van der Waals surface area contributed by atoms with Gasteiger partial charge in [-0.2, -0.15) is 0 Å². The van der Waals surface area contributed by atoms with Crippen molar-refractivity contribution < 1.29 is 28.9 Å². The first-order valence-corrected chi connectivity index (χ1v) is 8.43. The standard InChI is InChI=1S/C20H23NO6/c1-14(26-12-16-6-4-7-17(10-16)25-2)20(24)21-11-15-5-3-8-18(9-15)27-13-19(22)23/h3-10,14H,11-13H2,1-2H3,(H,21,24)(H,22,23). The van der Waals surface area contributed by atoms with E-state index < -0.39 is 18.7 Å². The Hall–Kier alpha value is -3.06. The Morgan fingerprint density at radius 1 is 1.07 bits per heavy atom. The Morgan fingerprint density at radius 3 is 2.44 bits per heavy atom. The molecule has 7 heteroatoms. The highest BCUT2D eigenvalue weighted by Gasteiger charge is 2.13. The topological polar surface area (TPSA) is 94.1 Å². The van der Waals surface area contributed by atoms with Gasteiger partial charge in [0.1, 0.15) is 17.6 Å². The second-order valence-corrected chi connectivity index (χ2v) is 5.85. The van der Waals surface area contributed by atoms with E-state index in [9.17, 15) is 9.59 Å². The molecular weight excluding hydrogens is 350 g/mol. The van der Waals surface area contributed by atoms with Gasteiger partial charge in [0.05, 0.1) is 13.7 Å². The lowest BCUT2D eigenvalue weighted by Crippen LogP contribution is -2.34. The van der Waals surface area contributed by atoms with Crippen LogP contribution in [0.15, 0.2) is 48.5 Å². The number of benzene rings is 2. The largest absolute Gasteiger partial charge is 0.497 e. The maximum atomic E-state index is 12.2. The molecule has 0 radical (unpaired) electrons. The summed E-state index contributed by atoms with van der Waals surface area (Å²) < 4.78 is 15.9. The Bertz CT molecular complexity index is 777. The number of carbonyl (C=O) groups excluding carboxylic acids is 1. The van der Waals surface area contributed by atoms with E-state index in [0.29, 0.717) is 12.4 Å². The molecule has 0 saturated heterocycles. The van der Waals surface area contributed by atoms with Crippen molar-refractivity contribution >= 4 is 11.9 Å². The fourth-order valence-corrected chi connectivity index (χ4v) is 2.28. The van der Waals surface area contributed by atoms with Crippen molar-refractivity contribution in [2.45, 2.75) is 26.2 Å². The molecule has 1 atom stereocenters. The zero-order valence-electron chi connectivity index (χ0n) is 15.3. The van der Waals surface area contributed by atoms with Gasteiger partial charge in [-0.3, -0.25) is 4.79 Å². The molecule has 144 valence electrons. The first kappa shape index (κ1) is 20.3. The fraction of sp³-hybridized carbons (Fsp3) is 0.300. The van der Waals surface area contributed by atoms with Gasteiger partial charge in [0.2, 0.25) is 5.91 Å². The average molecular weight is 373 g/mol. The van der Waals surface area contributed by atoms with E-state index >= 15 is 0 Å². The number of nitrogens with one attached hydrogen (secondary N) is 1. The molecule has 0 bridgehead atoms. The van der Waals surface area contributed by atoms with Crippen LogP contribution in [0.4, 0.5) is 0 Å². The highest BCUT2D eigenvalue weighted by atomic mass is 16.5. The van der Waals surface area contributed by atoms with E-state index in [1.165, 1.54) is 0 Å². The van der Waals surface area contributed by atoms with Crippen LogP contribution in [0.1, 0.15) is 18.1 Å². The van der Waals surface area contributed by atoms with Crippen LogP contribution in [0.25, 0.3) is 0 Å². The predicted octanol–water partition coefficient (Wildman–Crippen LogP) is 2.38. The maximum absolute atomic E-state index is 12.2. The van der Waals surface area contributed by atoms with E-state index in [1.807, 2.05) is 30.3 Å². The molecule has 0 aliphatic heterocycles. The van der Waals surface area contributed by atoms with E-state index in [-0.39, 0.29) is 12.5 Å². The van der Waals surface area contributed by atoms with Crippen molar-refractivity contribution in [2.75, 3.05) is 13.7 Å². The number of hydrogen-bond acceptors (Lipinski definition) is 5. The van der Waals surface area contributed by atoms with Gasteiger partial charge in [0, 0.05) is 6.54 Å². The van der Waals surface area contributed by atoms with Gasteiger partial charge in [0.15, 0.2) is 6.61 Å². The number of ether oxygens (including phenoxy) is 3. The van der Waals surface area contributed by atoms with E-state index in [0.717, 1.165) is 16.9 Å². The number of carboxylic acids is 1. The summed E-state index contributed by atoms with van der Waals surface area (Å²) in [6.07, 6.45) is -0.623. The number of carbonyl (C=O) groups is 2. The molecule has 0 aliphatic rings. The monoisotopic (exact) mass is 373 g/mol. The summed E-state index contributed by atoms with van der Waals surface area (Å²) >= 11 is 0. The summed E-state index contributed by atoms with van der Waals surface area (Å²) in [7, 11) is 1.59. The molecule has 0 heterocycles. The van der Waals surface area contributed by atoms with Crippen molar-refractivity contribution in [3.8, 4) is 11.5 Å². The van der Waals surface area contributed by atoms with Crippen molar-refractivity contribution in [1.82, 2.24) is 5.32 Å². The number of rotatable bonds is 10. The zero-order chi connectivity index (χ0) is 19.6.